The lowest BCUT2D eigenvalue weighted by Crippen LogP contribution is -2.55. The first-order valence-electron chi connectivity index (χ1n) is 8.60. The van der Waals surface area contributed by atoms with Crippen LogP contribution < -0.4 is 4.90 Å². The zero-order valence-corrected chi connectivity index (χ0v) is 14.5. The summed E-state index contributed by atoms with van der Waals surface area (Å²) >= 11 is 0. The lowest BCUT2D eigenvalue weighted by Gasteiger charge is -2.40. The number of likely N-dealkylation sites (N-methyl/N-ethyl adjacent to an activating group) is 1. The van der Waals surface area contributed by atoms with E-state index in [1.165, 1.54) is 0 Å². The number of aliphatic hydroxyl groups is 2. The first-order chi connectivity index (χ1) is 11.4. The molecule has 0 aliphatic carbocycles. The Bertz CT molecular complexity index is 580. The van der Waals surface area contributed by atoms with Crippen LogP contribution in [0.3, 0.4) is 0 Å². The van der Waals surface area contributed by atoms with Crippen LogP contribution in [0.15, 0.2) is 24.3 Å². The van der Waals surface area contributed by atoms with E-state index in [1.807, 2.05) is 24.3 Å². The van der Waals surface area contributed by atoms with Crippen molar-refractivity contribution >= 4 is 11.6 Å². The van der Waals surface area contributed by atoms with E-state index in [-0.39, 0.29) is 12.5 Å². The number of likely N-dealkylation sites (tertiary alicyclic amines) is 1. The summed E-state index contributed by atoms with van der Waals surface area (Å²) in [5, 5.41) is 20.0. The van der Waals surface area contributed by atoms with Gasteiger partial charge in [0.1, 0.15) is 0 Å². The predicted octanol–water partition coefficient (Wildman–Crippen LogP) is 0.396. The first-order valence-corrected chi connectivity index (χ1v) is 8.60. The molecule has 2 heterocycles. The van der Waals surface area contributed by atoms with Crippen molar-refractivity contribution in [1.29, 1.82) is 0 Å². The highest BCUT2D eigenvalue weighted by Crippen LogP contribution is 2.24. The summed E-state index contributed by atoms with van der Waals surface area (Å²) in [7, 11) is 2.13. The average Bonchev–Trinajstić information content (AvgIpc) is 2.58. The number of anilines is 1. The summed E-state index contributed by atoms with van der Waals surface area (Å²) in [6.45, 7) is 6.34. The van der Waals surface area contributed by atoms with Crippen molar-refractivity contribution in [3.63, 3.8) is 0 Å². The maximum Gasteiger partial charge on any atom is 0.253 e. The fourth-order valence-electron chi connectivity index (χ4n) is 3.27. The van der Waals surface area contributed by atoms with Crippen molar-refractivity contribution in [3.05, 3.63) is 29.8 Å². The monoisotopic (exact) mass is 333 g/mol. The highest BCUT2D eigenvalue weighted by Gasteiger charge is 2.38. The highest BCUT2D eigenvalue weighted by atomic mass is 16.3. The van der Waals surface area contributed by atoms with Crippen molar-refractivity contribution in [1.82, 2.24) is 9.80 Å². The molecule has 24 heavy (non-hydrogen) atoms. The molecule has 0 unspecified atom stereocenters. The van der Waals surface area contributed by atoms with Crippen LogP contribution in [0.4, 0.5) is 5.69 Å². The largest absolute Gasteiger partial charge is 0.388 e. The third kappa shape index (κ3) is 3.55. The van der Waals surface area contributed by atoms with Crippen molar-refractivity contribution < 1.29 is 15.0 Å². The SMILES string of the molecule is CN1CCN(c2ccc(C(=O)N3CC[C@@](C)(O)[C@@H](O)C3)cc2)CC1. The molecule has 2 aliphatic rings. The number of hydrogen-bond donors (Lipinski definition) is 2. The molecule has 6 heteroatoms. The molecule has 2 N–H and O–H groups in total. The van der Waals surface area contributed by atoms with Gasteiger partial charge in [0.05, 0.1) is 11.7 Å². The Labute approximate surface area is 143 Å². The number of nitrogens with zero attached hydrogens (tertiary/aromatic N) is 3. The number of piperidine rings is 1. The molecule has 6 nitrogen and oxygen atoms in total. The Morgan fingerprint density at radius 1 is 1.12 bits per heavy atom. The number of rotatable bonds is 2. The van der Waals surface area contributed by atoms with Gasteiger partial charge in [0.2, 0.25) is 0 Å². The predicted molar refractivity (Wildman–Crippen MR) is 93.3 cm³/mol. The standard InChI is InChI=1S/C18H27N3O3/c1-18(24)7-8-21(13-16(18)22)17(23)14-3-5-15(6-4-14)20-11-9-19(2)10-12-20/h3-6,16,22,24H,7-13H2,1-2H3/t16-,18+/m0/s1. The van der Waals surface area contributed by atoms with Gasteiger partial charge in [-0.05, 0) is 44.7 Å². The number of carbonyl (C=O) groups excluding carboxylic acids is 1. The van der Waals surface area contributed by atoms with E-state index in [4.69, 9.17) is 0 Å². The second-order valence-corrected chi connectivity index (χ2v) is 7.21. The molecule has 2 aliphatic heterocycles. The number of amides is 1. The lowest BCUT2D eigenvalue weighted by atomic mass is 9.90. The van der Waals surface area contributed by atoms with E-state index in [2.05, 4.69) is 16.8 Å². The van der Waals surface area contributed by atoms with Gasteiger partial charge in [-0.1, -0.05) is 0 Å². The Kier molecular flexibility index (Phi) is 4.80. The quantitative estimate of drug-likeness (QED) is 0.820. The van der Waals surface area contributed by atoms with Gasteiger partial charge >= 0.3 is 0 Å². The van der Waals surface area contributed by atoms with Gasteiger partial charge < -0.3 is 24.9 Å². The van der Waals surface area contributed by atoms with Crippen LogP contribution in [0.2, 0.25) is 0 Å². The van der Waals surface area contributed by atoms with E-state index >= 15 is 0 Å². The van der Waals surface area contributed by atoms with Crippen LogP contribution in [-0.4, -0.2) is 83.9 Å². The van der Waals surface area contributed by atoms with Crippen molar-refractivity contribution in [3.8, 4) is 0 Å². The van der Waals surface area contributed by atoms with Crippen molar-refractivity contribution in [2.24, 2.45) is 0 Å². The van der Waals surface area contributed by atoms with Crippen LogP contribution in [0.1, 0.15) is 23.7 Å². The van der Waals surface area contributed by atoms with Crippen LogP contribution in [0.5, 0.6) is 0 Å². The fraction of sp³-hybridized carbons (Fsp3) is 0.611. The Hall–Kier alpha value is -1.63. The molecule has 0 saturated carbocycles. The first kappa shape index (κ1) is 17.2. The minimum absolute atomic E-state index is 0.0884. The molecule has 1 amide bonds. The van der Waals surface area contributed by atoms with Gasteiger partial charge in [-0.3, -0.25) is 4.79 Å². The van der Waals surface area contributed by atoms with E-state index in [0.29, 0.717) is 18.5 Å². The van der Waals surface area contributed by atoms with E-state index in [9.17, 15) is 15.0 Å². The molecule has 3 rings (SSSR count). The molecule has 132 valence electrons. The number of hydrogen-bond acceptors (Lipinski definition) is 5. The Morgan fingerprint density at radius 2 is 1.75 bits per heavy atom. The van der Waals surface area contributed by atoms with Gasteiger partial charge in [-0.15, -0.1) is 0 Å². The summed E-state index contributed by atoms with van der Waals surface area (Å²) < 4.78 is 0. The second kappa shape index (κ2) is 6.70. The molecule has 2 fully saturated rings. The topological polar surface area (TPSA) is 67.2 Å². The molecule has 2 atom stereocenters. The minimum atomic E-state index is -1.11. The molecule has 0 bridgehead atoms. The molecular weight excluding hydrogens is 306 g/mol. The van der Waals surface area contributed by atoms with Crippen LogP contribution in [0, 0.1) is 0 Å². The minimum Gasteiger partial charge on any atom is -0.388 e. The smallest absolute Gasteiger partial charge is 0.253 e. The molecule has 0 radical (unpaired) electrons. The Balaban J connectivity index is 1.64. The van der Waals surface area contributed by atoms with Crippen LogP contribution in [-0.2, 0) is 0 Å². The third-order valence-electron chi connectivity index (χ3n) is 5.27. The summed E-state index contributed by atoms with van der Waals surface area (Å²) in [5.41, 5.74) is 0.657. The summed E-state index contributed by atoms with van der Waals surface area (Å²) in [6.07, 6.45) is -0.515. The summed E-state index contributed by atoms with van der Waals surface area (Å²) in [6, 6.07) is 7.70. The van der Waals surface area contributed by atoms with Crippen LogP contribution >= 0.6 is 0 Å². The average molecular weight is 333 g/mol. The normalized spacial score (nSPS) is 28.9. The van der Waals surface area contributed by atoms with Crippen molar-refractivity contribution in [2.75, 3.05) is 51.2 Å². The van der Waals surface area contributed by atoms with Gasteiger partial charge in [-0.2, -0.15) is 0 Å². The van der Waals surface area contributed by atoms with E-state index in [0.717, 1.165) is 31.9 Å². The number of piperazine rings is 1. The van der Waals surface area contributed by atoms with Gasteiger partial charge in [-0.25, -0.2) is 0 Å². The zero-order valence-electron chi connectivity index (χ0n) is 14.5. The Morgan fingerprint density at radius 3 is 2.33 bits per heavy atom. The van der Waals surface area contributed by atoms with E-state index < -0.39 is 11.7 Å². The van der Waals surface area contributed by atoms with Gasteiger partial charge in [0, 0.05) is 50.5 Å². The maximum atomic E-state index is 12.6. The molecule has 0 spiro atoms. The van der Waals surface area contributed by atoms with Gasteiger partial charge in [0.25, 0.3) is 5.91 Å². The molecule has 1 aromatic carbocycles. The number of carbonyl (C=O) groups is 1. The highest BCUT2D eigenvalue weighted by molar-refractivity contribution is 5.94. The molecule has 2 saturated heterocycles. The third-order valence-corrected chi connectivity index (χ3v) is 5.27. The van der Waals surface area contributed by atoms with Gasteiger partial charge in [0.15, 0.2) is 0 Å². The van der Waals surface area contributed by atoms with Crippen LogP contribution in [0.25, 0.3) is 0 Å². The molecular formula is C18H27N3O3. The maximum absolute atomic E-state index is 12.6. The molecule has 1 aromatic rings. The van der Waals surface area contributed by atoms with Crippen molar-refractivity contribution in [2.45, 2.75) is 25.0 Å². The molecule has 0 aromatic heterocycles. The lowest BCUT2D eigenvalue weighted by molar-refractivity contribution is -0.0999. The summed E-state index contributed by atoms with van der Waals surface area (Å²) in [4.78, 5) is 18.9. The summed E-state index contributed by atoms with van der Waals surface area (Å²) in [5.74, 6) is -0.0884. The number of aliphatic hydroxyl groups excluding tert-OH is 1. The number of β-amino-alcohol motifs (C(OH)–C–C–N with tert-alkyl or cyclic N) is 1. The fourth-order valence-corrected chi connectivity index (χ4v) is 3.27. The zero-order chi connectivity index (χ0) is 17.3. The number of benzene rings is 1. The van der Waals surface area contributed by atoms with E-state index in [1.54, 1.807) is 11.8 Å². The second-order valence-electron chi connectivity index (χ2n) is 7.21.